The molecule has 0 spiro atoms. The van der Waals surface area contributed by atoms with Crippen molar-refractivity contribution >= 4 is 11.9 Å². The molecule has 1 amide bonds. The fourth-order valence-corrected chi connectivity index (χ4v) is 8.71. The van der Waals surface area contributed by atoms with Crippen molar-refractivity contribution in [3.63, 3.8) is 0 Å². The van der Waals surface area contributed by atoms with Crippen molar-refractivity contribution in [2.45, 2.75) is 282 Å². The molecule has 8 atom stereocenters. The van der Waals surface area contributed by atoms with Gasteiger partial charge < -0.3 is 45.1 Å². The minimum atomic E-state index is -1.63. The molecule has 8 unspecified atom stereocenters. The number of aliphatic hydroxyl groups is 5. The first-order valence-corrected chi connectivity index (χ1v) is 30.0. The van der Waals surface area contributed by atoms with E-state index in [2.05, 4.69) is 105 Å². The molecule has 11 heteroatoms. The van der Waals surface area contributed by atoms with Crippen LogP contribution in [0.4, 0.5) is 0 Å². The van der Waals surface area contributed by atoms with Gasteiger partial charge >= 0.3 is 5.97 Å². The molecule has 6 N–H and O–H groups in total. The van der Waals surface area contributed by atoms with Crippen LogP contribution in [0.15, 0.2) is 97.2 Å². The molecular formula is C64H109NO10. The lowest BCUT2D eigenvalue weighted by Crippen LogP contribution is -2.61. The molecule has 0 aromatic carbocycles. The second-order valence-electron chi connectivity index (χ2n) is 20.3. The Morgan fingerprint density at radius 3 is 1.45 bits per heavy atom. The van der Waals surface area contributed by atoms with E-state index >= 15 is 0 Å². The summed E-state index contributed by atoms with van der Waals surface area (Å²) in [5, 5.41) is 56.8. The number of aliphatic hydroxyl groups excluding tert-OH is 5. The third-order valence-corrected chi connectivity index (χ3v) is 13.5. The maximum atomic E-state index is 13.4. The first kappa shape index (κ1) is 69.6. The molecular weight excluding hydrogens is 943 g/mol. The Labute approximate surface area is 456 Å². The number of amides is 1. The van der Waals surface area contributed by atoms with Gasteiger partial charge in [-0.1, -0.05) is 221 Å². The maximum Gasteiger partial charge on any atom is 0.306 e. The Balaban J connectivity index is 2.76. The predicted molar refractivity (Wildman–Crippen MR) is 310 cm³/mol. The van der Waals surface area contributed by atoms with Gasteiger partial charge in [0.15, 0.2) is 12.4 Å². The molecule has 75 heavy (non-hydrogen) atoms. The number of rotatable bonds is 49. The number of hydrogen-bond acceptors (Lipinski definition) is 10. The van der Waals surface area contributed by atoms with E-state index in [-0.39, 0.29) is 19.4 Å². The second-order valence-corrected chi connectivity index (χ2v) is 20.3. The summed E-state index contributed by atoms with van der Waals surface area (Å²) in [7, 11) is 0. The highest BCUT2D eigenvalue weighted by Gasteiger charge is 2.47. The van der Waals surface area contributed by atoms with Crippen molar-refractivity contribution in [1.82, 2.24) is 5.32 Å². The third-order valence-electron chi connectivity index (χ3n) is 13.5. The number of nitrogens with one attached hydrogen (secondary N) is 1. The topological polar surface area (TPSA) is 175 Å². The molecule has 1 aliphatic heterocycles. The molecule has 1 rings (SSSR count). The Hall–Kier alpha value is -3.42. The van der Waals surface area contributed by atoms with Gasteiger partial charge in [-0.25, -0.2) is 0 Å². The summed E-state index contributed by atoms with van der Waals surface area (Å²) in [6.45, 7) is 5.62. The Morgan fingerprint density at radius 1 is 0.533 bits per heavy atom. The SMILES string of the molecule is CC/C=C\C/C=C\C/C=C\C/C=C\C/C=C\C/C=C\CCCC(O)C(=O)NC(COC1OC(CO)C(O)C(O)C1OC(=O)CCCCC/C=C\CCCCCCCCC)C(O)/C=C/CCCCCCCCCCCC. The number of ether oxygens (including phenoxy) is 3. The number of carbonyl (C=O) groups excluding carboxylic acids is 2. The highest BCUT2D eigenvalue weighted by Crippen LogP contribution is 2.26. The lowest BCUT2D eigenvalue weighted by molar-refractivity contribution is -0.305. The van der Waals surface area contributed by atoms with Gasteiger partial charge in [0.05, 0.1) is 25.4 Å². The van der Waals surface area contributed by atoms with Gasteiger partial charge in [0.2, 0.25) is 5.91 Å². The molecule has 0 aromatic heterocycles. The summed E-state index contributed by atoms with van der Waals surface area (Å²) >= 11 is 0. The second kappa shape index (κ2) is 51.3. The van der Waals surface area contributed by atoms with Gasteiger partial charge in [-0.3, -0.25) is 9.59 Å². The summed E-state index contributed by atoms with van der Waals surface area (Å²) < 4.78 is 17.5. The Kier molecular flexibility index (Phi) is 47.6. The zero-order valence-electron chi connectivity index (χ0n) is 47.4. The van der Waals surface area contributed by atoms with E-state index in [1.165, 1.54) is 89.9 Å². The van der Waals surface area contributed by atoms with Gasteiger partial charge in [-0.15, -0.1) is 0 Å². The van der Waals surface area contributed by atoms with Crippen LogP contribution in [0.3, 0.4) is 0 Å². The minimum Gasteiger partial charge on any atom is -0.454 e. The van der Waals surface area contributed by atoms with E-state index in [4.69, 9.17) is 14.2 Å². The zero-order chi connectivity index (χ0) is 54.7. The molecule has 0 aromatic rings. The van der Waals surface area contributed by atoms with Crippen molar-refractivity contribution in [2.24, 2.45) is 0 Å². The molecule has 11 nitrogen and oxygen atoms in total. The van der Waals surface area contributed by atoms with Gasteiger partial charge in [0.1, 0.15) is 24.4 Å². The summed E-state index contributed by atoms with van der Waals surface area (Å²) in [6.07, 6.45) is 57.4. The fourth-order valence-electron chi connectivity index (χ4n) is 8.71. The van der Waals surface area contributed by atoms with Crippen LogP contribution in [-0.2, 0) is 23.8 Å². The number of esters is 1. The molecule has 1 aliphatic rings. The average molecular weight is 1050 g/mol. The third kappa shape index (κ3) is 39.6. The van der Waals surface area contributed by atoms with Crippen molar-refractivity contribution in [3.05, 3.63) is 97.2 Å². The van der Waals surface area contributed by atoms with Crippen LogP contribution in [0.1, 0.15) is 233 Å². The molecule has 430 valence electrons. The number of allylic oxidation sites excluding steroid dienone is 15. The lowest BCUT2D eigenvalue weighted by Gasteiger charge is -2.41. The van der Waals surface area contributed by atoms with Crippen LogP contribution in [0.5, 0.6) is 0 Å². The first-order valence-electron chi connectivity index (χ1n) is 30.0. The molecule has 0 radical (unpaired) electrons. The van der Waals surface area contributed by atoms with Crippen molar-refractivity contribution in [2.75, 3.05) is 13.2 Å². The van der Waals surface area contributed by atoms with E-state index in [0.29, 0.717) is 19.3 Å². The first-order chi connectivity index (χ1) is 36.7. The maximum absolute atomic E-state index is 13.4. The van der Waals surface area contributed by atoms with Crippen LogP contribution in [0.2, 0.25) is 0 Å². The summed E-state index contributed by atoms with van der Waals surface area (Å²) in [5.41, 5.74) is 0. The van der Waals surface area contributed by atoms with Gasteiger partial charge in [-0.2, -0.15) is 0 Å². The highest BCUT2D eigenvalue weighted by atomic mass is 16.7. The summed E-state index contributed by atoms with van der Waals surface area (Å²) in [6, 6.07) is -1.06. The molecule has 1 saturated heterocycles. The van der Waals surface area contributed by atoms with Crippen LogP contribution >= 0.6 is 0 Å². The Bertz CT molecular complexity index is 1580. The minimum absolute atomic E-state index is 0.0937. The van der Waals surface area contributed by atoms with Gasteiger partial charge in [0, 0.05) is 6.42 Å². The van der Waals surface area contributed by atoms with Crippen molar-refractivity contribution in [3.8, 4) is 0 Å². The van der Waals surface area contributed by atoms with E-state index < -0.39 is 67.4 Å². The van der Waals surface area contributed by atoms with Crippen LogP contribution < -0.4 is 5.32 Å². The lowest BCUT2D eigenvalue weighted by atomic mass is 9.99. The van der Waals surface area contributed by atoms with E-state index in [1.54, 1.807) is 6.08 Å². The highest BCUT2D eigenvalue weighted by molar-refractivity contribution is 5.80. The van der Waals surface area contributed by atoms with E-state index in [0.717, 1.165) is 89.9 Å². The quantitative estimate of drug-likeness (QED) is 0.0195. The van der Waals surface area contributed by atoms with Crippen molar-refractivity contribution < 1.29 is 49.3 Å². The van der Waals surface area contributed by atoms with Crippen molar-refractivity contribution in [1.29, 1.82) is 0 Å². The number of hydrogen-bond donors (Lipinski definition) is 6. The van der Waals surface area contributed by atoms with Gasteiger partial charge in [0.25, 0.3) is 0 Å². The predicted octanol–water partition coefficient (Wildman–Crippen LogP) is 13.9. The van der Waals surface area contributed by atoms with Gasteiger partial charge in [-0.05, 0) is 103 Å². The monoisotopic (exact) mass is 1050 g/mol. The number of carbonyl (C=O) groups is 2. The fraction of sp³-hybridized carbons (Fsp3) is 0.719. The molecule has 0 saturated carbocycles. The number of unbranched alkanes of at least 4 members (excludes halogenated alkanes) is 21. The largest absolute Gasteiger partial charge is 0.454 e. The summed E-state index contributed by atoms with van der Waals surface area (Å²) in [5.74, 6) is -1.26. The van der Waals surface area contributed by atoms with Crippen LogP contribution in [0, 0.1) is 0 Å². The molecule has 1 fully saturated rings. The van der Waals surface area contributed by atoms with E-state index in [1.807, 2.05) is 12.2 Å². The normalized spacial score (nSPS) is 19.9. The molecule has 0 bridgehead atoms. The van der Waals surface area contributed by atoms with E-state index in [9.17, 15) is 35.1 Å². The molecule has 1 heterocycles. The molecule has 0 aliphatic carbocycles. The zero-order valence-corrected chi connectivity index (χ0v) is 47.4. The Morgan fingerprint density at radius 2 is 0.960 bits per heavy atom. The van der Waals surface area contributed by atoms with Crippen LogP contribution in [-0.4, -0.2) is 99.6 Å². The standard InChI is InChI=1S/C64H109NO10/c1-4-7-10-13-16-19-22-25-27-28-29-30-31-32-33-36-39-42-45-48-51-57(68)63(72)65-55(56(67)50-47-44-41-38-35-24-21-18-15-12-9-6-3)54-73-64-62(61(71)60(70)58(53-66)74-64)75-59(69)52-49-46-43-40-37-34-26-23-20-17-14-11-8-5-2/h7,10,16,19,25,27,29-30,32-34,37,39,42,47,50,55-58,60-62,64,66-68,70-71H,4-6,8-9,11-15,17-18,20-24,26,28,31,35-36,38,40-41,43-46,48-49,51-54H2,1-3H3,(H,65,72)/b10-7-,19-16-,27-25-,30-29-,33-32-,37-34-,42-39-,50-47+. The smallest absolute Gasteiger partial charge is 0.306 e. The average Bonchev–Trinajstić information content (AvgIpc) is 3.41. The summed E-state index contributed by atoms with van der Waals surface area (Å²) in [4.78, 5) is 26.5. The van der Waals surface area contributed by atoms with Crippen LogP contribution in [0.25, 0.3) is 0 Å².